The summed E-state index contributed by atoms with van der Waals surface area (Å²) < 4.78 is 38.0. The molecule has 0 fully saturated rings. The van der Waals surface area contributed by atoms with Crippen molar-refractivity contribution in [3.05, 3.63) is 234 Å². The van der Waals surface area contributed by atoms with E-state index in [1.807, 2.05) is 36.4 Å². The van der Waals surface area contributed by atoms with E-state index in [0.29, 0.717) is 52.8 Å². The van der Waals surface area contributed by atoms with E-state index in [1.54, 1.807) is 0 Å². The zero-order valence-corrected chi connectivity index (χ0v) is 52.2. The Kier molecular flexibility index (Phi) is 19.8. The highest BCUT2D eigenvalue weighted by Gasteiger charge is 2.37. The average Bonchev–Trinajstić information content (AvgIpc) is 3.47. The molecule has 0 radical (unpaired) electrons. The fourth-order valence-corrected chi connectivity index (χ4v) is 12.6. The molecule has 4 nitrogen and oxygen atoms in total. The van der Waals surface area contributed by atoms with Gasteiger partial charge < -0.3 is 13.6 Å². The van der Waals surface area contributed by atoms with Gasteiger partial charge in [-0.15, -0.1) is 0 Å². The summed E-state index contributed by atoms with van der Waals surface area (Å²) in [5.74, 6) is 4.28. The maximum absolute atomic E-state index is 16.8. The van der Waals surface area contributed by atoms with Gasteiger partial charge in [-0.2, -0.15) is 4.57 Å². The monoisotopic (exact) mass is 1120 g/mol. The number of phosphoric ester groups is 1. The predicted octanol–water partition coefficient (Wildman–Crippen LogP) is 22.5. The minimum atomic E-state index is -4.73. The molecule has 0 unspecified atom stereocenters. The van der Waals surface area contributed by atoms with E-state index in [9.17, 15) is 0 Å². The average molecular weight is 1120 g/mol. The van der Waals surface area contributed by atoms with Crippen LogP contribution in [0.3, 0.4) is 0 Å². The van der Waals surface area contributed by atoms with Gasteiger partial charge >= 0.3 is 7.82 Å². The Morgan fingerprint density at radius 2 is 0.410 bits per heavy atom. The number of hydrogen-bond acceptors (Lipinski definition) is 4. The summed E-state index contributed by atoms with van der Waals surface area (Å²) in [4.78, 5) is 0. The van der Waals surface area contributed by atoms with E-state index >= 15 is 4.57 Å². The fourth-order valence-electron chi connectivity index (χ4n) is 11.3. The van der Waals surface area contributed by atoms with Crippen molar-refractivity contribution < 1.29 is 18.1 Å². The molecule has 83 heavy (non-hydrogen) atoms. The third-order valence-corrected chi connectivity index (χ3v) is 16.4. The second kappa shape index (κ2) is 27.3. The summed E-state index contributed by atoms with van der Waals surface area (Å²) in [6.07, 6.45) is 5.90. The van der Waals surface area contributed by atoms with Gasteiger partial charge in [0.2, 0.25) is 0 Å². The standard InChI is InChI=1S/C78H87O4P/c1-52(2)43-58-13-25-64(26-14-58)70-37-40-76(73(49-70)67-31-19-61(20-32-67)46-55(7)8)80-83(79,81-77-41-38-71(65-27-15-59(16-28-65)44-53(3)4)50-74(77)68-33-21-62(22-34-68)47-56(9)10)82-78-42-39-72(66-29-17-60(18-30-66)45-54(5)6)51-75(78)69-35-23-63(24-36-69)48-57(11)12/h13-42,49-57H,43-48H2,1-12H3. The molecule has 5 heteroatoms. The summed E-state index contributed by atoms with van der Waals surface area (Å²) >= 11 is 0. The van der Waals surface area contributed by atoms with Crippen molar-refractivity contribution in [2.45, 2.75) is 122 Å². The predicted molar refractivity (Wildman–Crippen MR) is 353 cm³/mol. The molecule has 0 aliphatic heterocycles. The second-order valence-corrected chi connectivity index (χ2v) is 27.1. The molecule has 9 aromatic carbocycles. The number of rotatable bonds is 24. The van der Waals surface area contributed by atoms with Crippen LogP contribution in [0.2, 0.25) is 0 Å². The second-order valence-electron chi connectivity index (χ2n) is 25.6. The van der Waals surface area contributed by atoms with Gasteiger partial charge in [0, 0.05) is 16.7 Å². The highest BCUT2D eigenvalue weighted by atomic mass is 31.2. The van der Waals surface area contributed by atoms with E-state index in [2.05, 4.69) is 247 Å². The number of benzene rings is 9. The highest BCUT2D eigenvalue weighted by molar-refractivity contribution is 7.49. The summed E-state index contributed by atoms with van der Waals surface area (Å²) in [6.45, 7) is 26.9. The number of phosphoric acid groups is 1. The molecule has 0 spiro atoms. The van der Waals surface area contributed by atoms with Crippen LogP contribution in [-0.4, -0.2) is 0 Å². The zero-order chi connectivity index (χ0) is 58.8. The third kappa shape index (κ3) is 16.5. The van der Waals surface area contributed by atoms with Gasteiger partial charge in [0.1, 0.15) is 17.2 Å². The minimum Gasteiger partial charge on any atom is -0.385 e. The molecule has 0 amide bonds. The van der Waals surface area contributed by atoms with Crippen molar-refractivity contribution in [2.75, 3.05) is 0 Å². The molecule has 0 aromatic heterocycles. The van der Waals surface area contributed by atoms with Crippen LogP contribution in [0, 0.1) is 35.5 Å². The summed E-state index contributed by atoms with van der Waals surface area (Å²) in [5, 5.41) is 0. The van der Waals surface area contributed by atoms with E-state index in [1.165, 1.54) is 33.4 Å². The van der Waals surface area contributed by atoms with Gasteiger partial charge in [0.05, 0.1) is 0 Å². The van der Waals surface area contributed by atoms with E-state index in [4.69, 9.17) is 13.6 Å². The lowest BCUT2D eigenvalue weighted by atomic mass is 9.95. The van der Waals surface area contributed by atoms with Gasteiger partial charge in [-0.25, -0.2) is 0 Å². The lowest BCUT2D eigenvalue weighted by molar-refractivity contribution is 0.299. The Balaban J connectivity index is 1.22. The topological polar surface area (TPSA) is 44.8 Å². The van der Waals surface area contributed by atoms with Crippen LogP contribution in [0.25, 0.3) is 66.8 Å². The molecule has 0 atom stereocenters. The van der Waals surface area contributed by atoms with E-state index in [0.717, 1.165) is 105 Å². The highest BCUT2D eigenvalue weighted by Crippen LogP contribution is 2.55. The Morgan fingerprint density at radius 1 is 0.241 bits per heavy atom. The molecule has 9 aromatic rings. The minimum absolute atomic E-state index is 0.375. The van der Waals surface area contributed by atoms with Gasteiger partial charge in [0.25, 0.3) is 0 Å². The van der Waals surface area contributed by atoms with E-state index < -0.39 is 7.82 Å². The molecule has 9 rings (SSSR count). The van der Waals surface area contributed by atoms with Gasteiger partial charge in [-0.3, -0.25) is 0 Å². The first-order valence-corrected chi connectivity index (χ1v) is 31.9. The normalized spacial score (nSPS) is 11.9. The van der Waals surface area contributed by atoms with Crippen LogP contribution >= 0.6 is 7.82 Å². The van der Waals surface area contributed by atoms with Crippen molar-refractivity contribution in [1.29, 1.82) is 0 Å². The van der Waals surface area contributed by atoms with Gasteiger partial charge in [0.15, 0.2) is 0 Å². The third-order valence-electron chi connectivity index (χ3n) is 15.1. The first-order valence-electron chi connectivity index (χ1n) is 30.5. The molecule has 428 valence electrons. The lowest BCUT2D eigenvalue weighted by Crippen LogP contribution is -2.10. The number of hydrogen-bond donors (Lipinski definition) is 0. The zero-order valence-electron chi connectivity index (χ0n) is 51.3. The maximum atomic E-state index is 16.8. The molecule has 0 aliphatic rings. The molecule has 0 bridgehead atoms. The van der Waals surface area contributed by atoms with Crippen LogP contribution in [0.1, 0.15) is 116 Å². The Morgan fingerprint density at radius 3 is 0.590 bits per heavy atom. The maximum Gasteiger partial charge on any atom is 0.647 e. The molecule has 0 heterocycles. The van der Waals surface area contributed by atoms with Crippen molar-refractivity contribution in [2.24, 2.45) is 35.5 Å². The van der Waals surface area contributed by atoms with E-state index in [-0.39, 0.29) is 0 Å². The van der Waals surface area contributed by atoms with Crippen molar-refractivity contribution >= 4 is 7.82 Å². The molecular formula is C78H87O4P. The van der Waals surface area contributed by atoms with Crippen LogP contribution < -0.4 is 13.6 Å². The van der Waals surface area contributed by atoms with Crippen LogP contribution in [0.5, 0.6) is 17.2 Å². The quantitative estimate of drug-likeness (QED) is 0.0566. The van der Waals surface area contributed by atoms with Crippen LogP contribution in [0.4, 0.5) is 0 Å². The van der Waals surface area contributed by atoms with Crippen LogP contribution in [-0.2, 0) is 43.1 Å². The van der Waals surface area contributed by atoms with Crippen LogP contribution in [0.15, 0.2) is 200 Å². The van der Waals surface area contributed by atoms with Gasteiger partial charge in [-0.1, -0.05) is 247 Å². The smallest absolute Gasteiger partial charge is 0.385 e. The van der Waals surface area contributed by atoms with Gasteiger partial charge in [-0.05, 0) is 194 Å². The molecule has 0 aliphatic carbocycles. The largest absolute Gasteiger partial charge is 0.647 e. The Bertz CT molecular complexity index is 3210. The molecule has 0 N–H and O–H groups in total. The molecule has 0 saturated heterocycles. The summed E-state index contributed by atoms with van der Waals surface area (Å²) in [7, 11) is -4.73. The van der Waals surface area contributed by atoms with Crippen molar-refractivity contribution in [3.63, 3.8) is 0 Å². The summed E-state index contributed by atoms with van der Waals surface area (Å²) in [5.41, 5.74) is 19.0. The molecule has 0 saturated carbocycles. The molecular weight excluding hydrogens is 1030 g/mol. The van der Waals surface area contributed by atoms with Crippen molar-refractivity contribution in [3.8, 4) is 84.0 Å². The first kappa shape index (κ1) is 60.2. The fraction of sp³-hybridized carbons (Fsp3) is 0.308. The SMILES string of the molecule is CC(C)Cc1ccc(-c2ccc(OP(=O)(Oc3ccc(-c4ccc(CC(C)C)cc4)cc3-c3ccc(CC(C)C)cc3)Oc3ccc(-c4ccc(CC(C)C)cc4)cc3-c3ccc(CC(C)C)cc3)c(-c3ccc(CC(C)C)cc3)c2)cc1. The first-order chi connectivity index (χ1) is 39.8. The Hall–Kier alpha value is -7.39. The van der Waals surface area contributed by atoms with Crippen molar-refractivity contribution in [1.82, 2.24) is 0 Å². The summed E-state index contributed by atoms with van der Waals surface area (Å²) in [6, 6.07) is 70.9. The Labute approximate surface area is 498 Å². The lowest BCUT2D eigenvalue weighted by Gasteiger charge is -2.24.